The van der Waals surface area contributed by atoms with E-state index in [1.165, 1.54) is 24.5 Å². The number of H-pyrrole nitrogens is 1. The van der Waals surface area contributed by atoms with Gasteiger partial charge in [-0.15, -0.1) is 0 Å². The van der Waals surface area contributed by atoms with Gasteiger partial charge >= 0.3 is 0 Å². The Hall–Kier alpha value is -2.70. The number of nitrogen functional groups attached to an aromatic ring is 1. The molecule has 0 aliphatic heterocycles. The van der Waals surface area contributed by atoms with Crippen LogP contribution >= 0.6 is 0 Å². The first-order chi connectivity index (χ1) is 8.16. The molecule has 7 nitrogen and oxygen atoms in total. The third-order valence-electron chi connectivity index (χ3n) is 2.01. The van der Waals surface area contributed by atoms with E-state index in [4.69, 9.17) is 5.73 Å². The zero-order valence-electron chi connectivity index (χ0n) is 8.68. The van der Waals surface area contributed by atoms with Crippen molar-refractivity contribution in [2.24, 2.45) is 0 Å². The minimum Gasteiger partial charge on any atom is -0.396 e. The van der Waals surface area contributed by atoms with Crippen LogP contribution in [-0.4, -0.2) is 21.1 Å². The van der Waals surface area contributed by atoms with E-state index in [0.717, 1.165) is 0 Å². The highest BCUT2D eigenvalue weighted by Gasteiger charge is 2.09. The smallest absolute Gasteiger partial charge is 0.276 e. The Morgan fingerprint density at radius 2 is 2.18 bits per heavy atom. The van der Waals surface area contributed by atoms with E-state index < -0.39 is 5.91 Å². The molecule has 0 aliphatic carbocycles. The van der Waals surface area contributed by atoms with Crippen LogP contribution in [0.4, 0.5) is 11.4 Å². The molecule has 0 atom stereocenters. The highest BCUT2D eigenvalue weighted by atomic mass is 16.2. The molecule has 2 aromatic rings. The van der Waals surface area contributed by atoms with E-state index in [1.807, 2.05) is 0 Å². The summed E-state index contributed by atoms with van der Waals surface area (Å²) in [4.78, 5) is 26.3. The van der Waals surface area contributed by atoms with E-state index in [0.29, 0.717) is 11.4 Å². The Bertz CT molecular complexity index is 587. The predicted octanol–water partition coefficient (Wildman–Crippen LogP) is -0.000600. The van der Waals surface area contributed by atoms with Gasteiger partial charge in [0.2, 0.25) is 0 Å². The van der Waals surface area contributed by atoms with Gasteiger partial charge in [-0.25, -0.2) is 5.10 Å². The number of hydrogen-bond acceptors (Lipinski definition) is 5. The standard InChI is InChI=1S/C10H9N5O2/c11-6-5-12-4-3-7(6)13-10(17)8-1-2-9(16)15-14-8/h1-5H,11H2,(H,15,16)(H,12,13,17). The number of pyridine rings is 1. The molecule has 7 heteroatoms. The lowest BCUT2D eigenvalue weighted by Gasteiger charge is -2.05. The maximum absolute atomic E-state index is 11.7. The van der Waals surface area contributed by atoms with Gasteiger partial charge in [0, 0.05) is 12.3 Å². The van der Waals surface area contributed by atoms with Crippen molar-refractivity contribution < 1.29 is 4.79 Å². The van der Waals surface area contributed by atoms with Crippen molar-refractivity contribution in [3.63, 3.8) is 0 Å². The minimum absolute atomic E-state index is 0.0980. The third-order valence-corrected chi connectivity index (χ3v) is 2.01. The summed E-state index contributed by atoms with van der Waals surface area (Å²) in [5.74, 6) is -0.459. The highest BCUT2D eigenvalue weighted by molar-refractivity contribution is 6.04. The van der Waals surface area contributed by atoms with Gasteiger partial charge in [0.25, 0.3) is 11.5 Å². The number of carbonyl (C=O) groups is 1. The largest absolute Gasteiger partial charge is 0.396 e. The van der Waals surface area contributed by atoms with Gasteiger partial charge in [-0.3, -0.25) is 14.6 Å². The molecule has 4 N–H and O–H groups in total. The van der Waals surface area contributed by atoms with Crippen molar-refractivity contribution in [1.82, 2.24) is 15.2 Å². The Morgan fingerprint density at radius 1 is 1.35 bits per heavy atom. The van der Waals surface area contributed by atoms with E-state index in [-0.39, 0.29) is 11.3 Å². The van der Waals surface area contributed by atoms with Gasteiger partial charge < -0.3 is 11.1 Å². The number of hydrogen-bond donors (Lipinski definition) is 3. The monoisotopic (exact) mass is 231 g/mol. The lowest BCUT2D eigenvalue weighted by atomic mass is 10.3. The van der Waals surface area contributed by atoms with Crippen molar-refractivity contribution >= 4 is 17.3 Å². The van der Waals surface area contributed by atoms with Gasteiger partial charge in [0.05, 0.1) is 17.6 Å². The Balaban J connectivity index is 2.20. The zero-order chi connectivity index (χ0) is 12.3. The predicted molar refractivity (Wildman–Crippen MR) is 61.5 cm³/mol. The van der Waals surface area contributed by atoms with E-state index in [9.17, 15) is 9.59 Å². The molecule has 86 valence electrons. The molecule has 0 saturated carbocycles. The first-order valence-electron chi connectivity index (χ1n) is 4.73. The van der Waals surface area contributed by atoms with Crippen LogP contribution in [0.15, 0.2) is 35.4 Å². The Morgan fingerprint density at radius 3 is 2.82 bits per heavy atom. The van der Waals surface area contributed by atoms with Crippen LogP contribution in [0.5, 0.6) is 0 Å². The van der Waals surface area contributed by atoms with Crippen molar-refractivity contribution in [2.45, 2.75) is 0 Å². The number of aromatic amines is 1. The number of aromatic nitrogens is 3. The van der Waals surface area contributed by atoms with E-state index in [2.05, 4.69) is 20.5 Å². The average Bonchev–Trinajstić information content (AvgIpc) is 2.33. The SMILES string of the molecule is Nc1cnccc1NC(=O)c1ccc(=O)[nH]n1. The number of nitrogens with one attached hydrogen (secondary N) is 2. The summed E-state index contributed by atoms with van der Waals surface area (Å²) < 4.78 is 0. The first-order valence-corrected chi connectivity index (χ1v) is 4.73. The molecular weight excluding hydrogens is 222 g/mol. The molecule has 0 saturated heterocycles. The number of amides is 1. The number of nitrogens with two attached hydrogens (primary N) is 1. The van der Waals surface area contributed by atoms with Crippen LogP contribution in [0.1, 0.15) is 10.5 Å². The topological polar surface area (TPSA) is 114 Å². The Kier molecular flexibility index (Phi) is 2.82. The fourth-order valence-corrected chi connectivity index (χ4v) is 1.18. The van der Waals surface area contributed by atoms with E-state index >= 15 is 0 Å². The molecule has 0 bridgehead atoms. The normalized spacial score (nSPS) is 9.88. The van der Waals surface area contributed by atoms with Gasteiger partial charge in [0.1, 0.15) is 5.69 Å². The summed E-state index contributed by atoms with van der Waals surface area (Å²) in [5.41, 5.74) is 6.14. The maximum Gasteiger partial charge on any atom is 0.276 e. The van der Waals surface area contributed by atoms with Crippen LogP contribution < -0.4 is 16.6 Å². The number of nitrogens with zero attached hydrogens (tertiary/aromatic N) is 2. The summed E-state index contributed by atoms with van der Waals surface area (Å²) >= 11 is 0. The number of anilines is 2. The average molecular weight is 231 g/mol. The van der Waals surface area contributed by atoms with Gasteiger partial charge in [0.15, 0.2) is 0 Å². The minimum atomic E-state index is -0.459. The van der Waals surface area contributed by atoms with Crippen molar-refractivity contribution in [3.05, 3.63) is 46.6 Å². The van der Waals surface area contributed by atoms with Crippen molar-refractivity contribution in [1.29, 1.82) is 0 Å². The summed E-state index contributed by atoms with van der Waals surface area (Å²) in [7, 11) is 0. The van der Waals surface area contributed by atoms with Crippen LogP contribution in [0.3, 0.4) is 0 Å². The second-order valence-corrected chi connectivity index (χ2v) is 3.22. The molecule has 0 spiro atoms. The van der Waals surface area contributed by atoms with Crippen molar-refractivity contribution in [2.75, 3.05) is 11.1 Å². The number of carbonyl (C=O) groups excluding carboxylic acids is 1. The van der Waals surface area contributed by atoms with E-state index in [1.54, 1.807) is 6.07 Å². The number of rotatable bonds is 2. The quantitative estimate of drug-likeness (QED) is 0.673. The molecule has 1 amide bonds. The van der Waals surface area contributed by atoms with Gasteiger partial charge in [-0.05, 0) is 12.1 Å². The highest BCUT2D eigenvalue weighted by Crippen LogP contribution is 2.15. The van der Waals surface area contributed by atoms with Gasteiger partial charge in [-0.1, -0.05) is 0 Å². The molecule has 2 aromatic heterocycles. The summed E-state index contributed by atoms with van der Waals surface area (Å²) in [6.45, 7) is 0. The fourth-order valence-electron chi connectivity index (χ4n) is 1.18. The molecule has 0 aromatic carbocycles. The van der Waals surface area contributed by atoms with Crippen LogP contribution in [0, 0.1) is 0 Å². The zero-order valence-corrected chi connectivity index (χ0v) is 8.68. The lowest BCUT2D eigenvalue weighted by molar-refractivity contribution is 0.102. The molecule has 0 radical (unpaired) electrons. The fraction of sp³-hybridized carbons (Fsp3) is 0. The summed E-state index contributed by atoms with van der Waals surface area (Å²) in [6, 6.07) is 4.11. The first kappa shape index (κ1) is 10.8. The van der Waals surface area contributed by atoms with Gasteiger partial charge in [-0.2, -0.15) is 5.10 Å². The molecular formula is C10H9N5O2. The maximum atomic E-state index is 11.7. The molecule has 0 fully saturated rings. The Labute approximate surface area is 95.7 Å². The second kappa shape index (κ2) is 4.44. The third kappa shape index (κ3) is 2.46. The van der Waals surface area contributed by atoms with Crippen LogP contribution in [0.2, 0.25) is 0 Å². The molecule has 17 heavy (non-hydrogen) atoms. The molecule has 0 unspecified atom stereocenters. The second-order valence-electron chi connectivity index (χ2n) is 3.22. The molecule has 2 rings (SSSR count). The molecule has 2 heterocycles. The lowest BCUT2D eigenvalue weighted by Crippen LogP contribution is -2.18. The van der Waals surface area contributed by atoms with Crippen molar-refractivity contribution in [3.8, 4) is 0 Å². The molecule has 0 aliphatic rings. The summed E-state index contributed by atoms with van der Waals surface area (Å²) in [5, 5.41) is 8.33. The summed E-state index contributed by atoms with van der Waals surface area (Å²) in [6.07, 6.45) is 2.93. The van der Waals surface area contributed by atoms with Crippen LogP contribution in [0.25, 0.3) is 0 Å². The van der Waals surface area contributed by atoms with Crippen LogP contribution in [-0.2, 0) is 0 Å².